The summed E-state index contributed by atoms with van der Waals surface area (Å²) in [4.78, 5) is 17.9. The van der Waals surface area contributed by atoms with Crippen molar-refractivity contribution in [1.82, 2.24) is 4.90 Å². The lowest BCUT2D eigenvalue weighted by Gasteiger charge is -2.36. The number of fused-ring (bicyclic) bond motifs is 1. The fourth-order valence-electron chi connectivity index (χ4n) is 3.26. The number of carbonyl (C=O) groups is 1. The first kappa shape index (κ1) is 16.4. The van der Waals surface area contributed by atoms with Crippen LogP contribution in [0.5, 0.6) is 0 Å². The second-order valence-electron chi connectivity index (χ2n) is 6.36. The van der Waals surface area contributed by atoms with Gasteiger partial charge in [-0.1, -0.05) is 41.9 Å². The van der Waals surface area contributed by atoms with E-state index in [4.69, 9.17) is 11.6 Å². The first-order valence-corrected chi connectivity index (χ1v) is 9.61. The van der Waals surface area contributed by atoms with Crippen molar-refractivity contribution in [3.8, 4) is 0 Å². The molecule has 0 radical (unpaired) electrons. The Bertz CT molecular complexity index is 914. The summed E-state index contributed by atoms with van der Waals surface area (Å²) in [5.41, 5.74) is 2.39. The van der Waals surface area contributed by atoms with E-state index in [1.807, 2.05) is 35.2 Å². The van der Waals surface area contributed by atoms with Gasteiger partial charge < -0.3 is 9.80 Å². The zero-order valence-electron chi connectivity index (χ0n) is 14.0. The molecule has 1 amide bonds. The quantitative estimate of drug-likeness (QED) is 0.645. The van der Waals surface area contributed by atoms with Crippen molar-refractivity contribution in [2.75, 3.05) is 31.1 Å². The van der Waals surface area contributed by atoms with Crippen molar-refractivity contribution in [3.05, 3.63) is 64.0 Å². The van der Waals surface area contributed by atoms with Crippen molar-refractivity contribution in [3.63, 3.8) is 0 Å². The monoisotopic (exact) mass is 370 g/mol. The molecule has 3 nitrogen and oxygen atoms in total. The molecule has 128 valence electrons. The summed E-state index contributed by atoms with van der Waals surface area (Å²) in [7, 11) is 0. The number of para-hydroxylation sites is 1. The second-order valence-corrected chi connectivity index (χ2v) is 7.79. The molecule has 1 aromatic heterocycles. The van der Waals surface area contributed by atoms with E-state index in [0.29, 0.717) is 9.90 Å². The van der Waals surface area contributed by atoms with Gasteiger partial charge in [0.05, 0.1) is 5.02 Å². The molecule has 4 rings (SSSR count). The Morgan fingerprint density at radius 2 is 1.76 bits per heavy atom. The van der Waals surface area contributed by atoms with Crippen LogP contribution in [0.3, 0.4) is 0 Å². The number of carbonyl (C=O) groups excluding carboxylic acids is 1. The summed E-state index contributed by atoms with van der Waals surface area (Å²) in [6.07, 6.45) is 0. The van der Waals surface area contributed by atoms with E-state index in [9.17, 15) is 4.79 Å². The van der Waals surface area contributed by atoms with E-state index in [1.54, 1.807) is 0 Å². The molecule has 5 heteroatoms. The summed E-state index contributed by atoms with van der Waals surface area (Å²) in [6.45, 7) is 5.18. The smallest absolute Gasteiger partial charge is 0.265 e. The molecule has 1 saturated heterocycles. The third-order valence-corrected chi connectivity index (χ3v) is 6.31. The SMILES string of the molecule is Cc1ccc2c(Cl)c(C(=O)N3CCN(c4ccccc4)CC3)sc2c1. The first-order valence-electron chi connectivity index (χ1n) is 8.41. The normalized spacial score (nSPS) is 15.0. The molecule has 3 aromatic rings. The van der Waals surface area contributed by atoms with Crippen LogP contribution in [0.4, 0.5) is 5.69 Å². The zero-order valence-corrected chi connectivity index (χ0v) is 15.6. The van der Waals surface area contributed by atoms with Gasteiger partial charge in [0.1, 0.15) is 4.88 Å². The number of thiophene rings is 1. The van der Waals surface area contributed by atoms with E-state index < -0.39 is 0 Å². The Kier molecular flexibility index (Phi) is 4.40. The van der Waals surface area contributed by atoms with Crippen molar-refractivity contribution in [2.24, 2.45) is 0 Å². The standard InChI is InChI=1S/C20H19ClN2OS/c1-14-7-8-16-17(13-14)25-19(18(16)21)20(24)23-11-9-22(10-12-23)15-5-3-2-4-6-15/h2-8,13H,9-12H2,1H3. The van der Waals surface area contributed by atoms with E-state index in [0.717, 1.165) is 36.3 Å². The van der Waals surface area contributed by atoms with E-state index in [2.05, 4.69) is 30.0 Å². The Morgan fingerprint density at radius 1 is 1.04 bits per heavy atom. The molecule has 2 heterocycles. The molecule has 1 fully saturated rings. The predicted octanol–water partition coefficient (Wildman–Crippen LogP) is 4.83. The number of anilines is 1. The molecule has 1 aliphatic heterocycles. The lowest BCUT2D eigenvalue weighted by Crippen LogP contribution is -2.48. The fraction of sp³-hybridized carbons (Fsp3) is 0.250. The molecule has 0 unspecified atom stereocenters. The number of hydrogen-bond acceptors (Lipinski definition) is 3. The second kappa shape index (κ2) is 6.70. The van der Waals surface area contributed by atoms with Gasteiger partial charge in [-0.25, -0.2) is 0 Å². The zero-order chi connectivity index (χ0) is 17.4. The Morgan fingerprint density at radius 3 is 2.48 bits per heavy atom. The molecular formula is C20H19ClN2OS. The molecule has 0 bridgehead atoms. The van der Waals surface area contributed by atoms with Crippen LogP contribution in [0.1, 0.15) is 15.2 Å². The molecule has 0 N–H and O–H groups in total. The number of benzene rings is 2. The number of halogens is 1. The highest BCUT2D eigenvalue weighted by Crippen LogP contribution is 2.36. The number of aryl methyl sites for hydroxylation is 1. The maximum Gasteiger partial charge on any atom is 0.265 e. The van der Waals surface area contributed by atoms with Crippen LogP contribution in [0.2, 0.25) is 5.02 Å². The average Bonchev–Trinajstić information content (AvgIpc) is 2.98. The average molecular weight is 371 g/mol. The largest absolute Gasteiger partial charge is 0.368 e. The maximum absolute atomic E-state index is 13.0. The van der Waals surface area contributed by atoms with Gasteiger partial charge in [0.15, 0.2) is 0 Å². The third kappa shape index (κ3) is 3.12. The van der Waals surface area contributed by atoms with Crippen molar-refractivity contribution in [2.45, 2.75) is 6.92 Å². The molecule has 0 saturated carbocycles. The van der Waals surface area contributed by atoms with Crippen LogP contribution in [0, 0.1) is 6.92 Å². The minimum Gasteiger partial charge on any atom is -0.368 e. The van der Waals surface area contributed by atoms with Gasteiger partial charge in [-0.3, -0.25) is 4.79 Å². The van der Waals surface area contributed by atoms with Crippen molar-refractivity contribution >= 4 is 44.6 Å². The Balaban J connectivity index is 1.52. The summed E-state index contributed by atoms with van der Waals surface area (Å²) < 4.78 is 1.08. The summed E-state index contributed by atoms with van der Waals surface area (Å²) in [6, 6.07) is 16.5. The number of rotatable bonds is 2. The Hall–Kier alpha value is -2.04. The van der Waals surface area contributed by atoms with Crippen molar-refractivity contribution in [1.29, 1.82) is 0 Å². The minimum atomic E-state index is 0.0524. The summed E-state index contributed by atoms with van der Waals surface area (Å²) in [5.74, 6) is 0.0524. The lowest BCUT2D eigenvalue weighted by atomic mass is 10.2. The van der Waals surface area contributed by atoms with Gasteiger partial charge in [-0.15, -0.1) is 11.3 Å². The number of nitrogens with zero attached hydrogens (tertiary/aromatic N) is 2. The molecule has 0 spiro atoms. The van der Waals surface area contributed by atoms with E-state index in [-0.39, 0.29) is 5.91 Å². The maximum atomic E-state index is 13.0. The van der Waals surface area contributed by atoms with Gasteiger partial charge >= 0.3 is 0 Å². The van der Waals surface area contributed by atoms with E-state index >= 15 is 0 Å². The van der Waals surface area contributed by atoms with Crippen LogP contribution in [-0.4, -0.2) is 37.0 Å². The number of hydrogen-bond donors (Lipinski definition) is 0. The first-order chi connectivity index (χ1) is 12.1. The van der Waals surface area contributed by atoms with Gasteiger partial charge in [0.25, 0.3) is 5.91 Å². The lowest BCUT2D eigenvalue weighted by molar-refractivity contribution is 0.0752. The minimum absolute atomic E-state index is 0.0524. The molecular weight excluding hydrogens is 352 g/mol. The van der Waals surface area contributed by atoms with Crippen LogP contribution in [-0.2, 0) is 0 Å². The predicted molar refractivity (Wildman–Crippen MR) is 106 cm³/mol. The van der Waals surface area contributed by atoms with Gasteiger partial charge in [-0.2, -0.15) is 0 Å². The molecule has 1 aliphatic rings. The van der Waals surface area contributed by atoms with Gasteiger partial charge in [0, 0.05) is 42.0 Å². The molecule has 2 aromatic carbocycles. The van der Waals surface area contributed by atoms with Crippen LogP contribution in [0.25, 0.3) is 10.1 Å². The summed E-state index contributed by atoms with van der Waals surface area (Å²) in [5, 5.41) is 1.57. The number of amides is 1. The van der Waals surface area contributed by atoms with Gasteiger partial charge in [0.2, 0.25) is 0 Å². The molecule has 25 heavy (non-hydrogen) atoms. The van der Waals surface area contributed by atoms with E-state index in [1.165, 1.54) is 22.6 Å². The fourth-order valence-corrected chi connectivity index (χ4v) is 4.84. The highest BCUT2D eigenvalue weighted by molar-refractivity contribution is 7.21. The topological polar surface area (TPSA) is 23.6 Å². The highest BCUT2D eigenvalue weighted by Gasteiger charge is 2.26. The Labute approximate surface area is 156 Å². The number of piperazine rings is 1. The van der Waals surface area contributed by atoms with Gasteiger partial charge in [-0.05, 0) is 30.7 Å². The highest BCUT2D eigenvalue weighted by atomic mass is 35.5. The van der Waals surface area contributed by atoms with Crippen LogP contribution in [0.15, 0.2) is 48.5 Å². The van der Waals surface area contributed by atoms with Crippen LogP contribution >= 0.6 is 22.9 Å². The third-order valence-electron chi connectivity index (χ3n) is 4.67. The molecule has 0 atom stereocenters. The molecule has 0 aliphatic carbocycles. The summed E-state index contributed by atoms with van der Waals surface area (Å²) >= 11 is 8.00. The van der Waals surface area contributed by atoms with Crippen LogP contribution < -0.4 is 4.90 Å². The van der Waals surface area contributed by atoms with Crippen molar-refractivity contribution < 1.29 is 4.79 Å².